The summed E-state index contributed by atoms with van der Waals surface area (Å²) < 4.78 is 8.07. The summed E-state index contributed by atoms with van der Waals surface area (Å²) in [7, 11) is 0. The largest absolute Gasteiger partial charge is 0.454 e. The van der Waals surface area contributed by atoms with Crippen molar-refractivity contribution < 1.29 is 14.1 Å². The molecule has 11 nitrogen and oxygen atoms in total. The molecule has 1 aliphatic rings. The van der Waals surface area contributed by atoms with Gasteiger partial charge in [-0.15, -0.1) is 11.3 Å². The molecular weight excluding hydrogens is 448 g/mol. The molecule has 0 radical (unpaired) electrons. The predicted molar refractivity (Wildman–Crippen MR) is 120 cm³/mol. The van der Waals surface area contributed by atoms with Gasteiger partial charge in [-0.3, -0.25) is 29.8 Å². The highest BCUT2D eigenvalue weighted by molar-refractivity contribution is 7.18. The Morgan fingerprint density at radius 2 is 2.24 bits per heavy atom. The molecule has 5 rings (SSSR count). The normalized spacial score (nSPS) is 15.5. The molecule has 33 heavy (non-hydrogen) atoms. The number of aromatic nitrogens is 4. The Hall–Kier alpha value is -3.80. The van der Waals surface area contributed by atoms with Crippen LogP contribution in [-0.2, 0) is 19.4 Å². The lowest BCUT2D eigenvalue weighted by Gasteiger charge is -2.17. The zero-order chi connectivity index (χ0) is 23.3. The van der Waals surface area contributed by atoms with Crippen molar-refractivity contribution in [2.75, 3.05) is 5.43 Å². The maximum atomic E-state index is 13.3. The van der Waals surface area contributed by atoms with Crippen molar-refractivity contribution in [3.63, 3.8) is 0 Å². The van der Waals surface area contributed by atoms with E-state index in [1.807, 2.05) is 0 Å². The highest BCUT2D eigenvalue weighted by Gasteiger charge is 2.25. The van der Waals surface area contributed by atoms with E-state index in [0.717, 1.165) is 35.7 Å². The topological polar surface area (TPSA) is 138 Å². The van der Waals surface area contributed by atoms with Gasteiger partial charge < -0.3 is 4.42 Å². The van der Waals surface area contributed by atoms with Crippen molar-refractivity contribution in [3.05, 3.63) is 72.8 Å². The van der Waals surface area contributed by atoms with Gasteiger partial charge in [0.1, 0.15) is 28.8 Å². The first-order valence-corrected chi connectivity index (χ1v) is 11.2. The summed E-state index contributed by atoms with van der Waals surface area (Å²) in [6, 6.07) is 3.05. The van der Waals surface area contributed by atoms with E-state index in [9.17, 15) is 19.7 Å². The highest BCUT2D eigenvalue weighted by atomic mass is 32.1. The molecule has 12 heteroatoms. The summed E-state index contributed by atoms with van der Waals surface area (Å²) in [5.74, 6) is 0.741. The molecule has 1 aliphatic carbocycles. The molecule has 0 aliphatic heterocycles. The van der Waals surface area contributed by atoms with Crippen LogP contribution in [0.25, 0.3) is 10.2 Å². The molecule has 0 fully saturated rings. The van der Waals surface area contributed by atoms with E-state index in [2.05, 4.69) is 22.4 Å². The van der Waals surface area contributed by atoms with Crippen molar-refractivity contribution >= 4 is 33.1 Å². The van der Waals surface area contributed by atoms with Crippen molar-refractivity contribution in [2.24, 2.45) is 5.92 Å². The quantitative estimate of drug-likeness (QED) is 0.351. The molecule has 4 aromatic heterocycles. The Labute approximate surface area is 190 Å². The minimum Gasteiger partial charge on any atom is -0.454 e. The maximum Gasteiger partial charge on any atom is 0.307 e. The first-order chi connectivity index (χ1) is 15.8. The fourth-order valence-corrected chi connectivity index (χ4v) is 5.48. The number of amides is 1. The van der Waals surface area contributed by atoms with Crippen LogP contribution in [0.3, 0.4) is 0 Å². The lowest BCUT2D eigenvalue weighted by atomic mass is 9.89. The number of carbonyl (C=O) groups is 1. The molecule has 0 spiro atoms. The lowest BCUT2D eigenvalue weighted by molar-refractivity contribution is -0.385. The number of aryl methyl sites for hydroxylation is 2. The van der Waals surface area contributed by atoms with Gasteiger partial charge in [-0.05, 0) is 49.8 Å². The van der Waals surface area contributed by atoms with Gasteiger partial charge >= 0.3 is 11.6 Å². The van der Waals surface area contributed by atoms with Crippen molar-refractivity contribution in [1.82, 2.24) is 19.4 Å². The average molecular weight is 468 g/mol. The van der Waals surface area contributed by atoms with Crippen LogP contribution < -0.4 is 11.0 Å². The van der Waals surface area contributed by atoms with Crippen LogP contribution >= 0.6 is 11.3 Å². The van der Waals surface area contributed by atoms with Gasteiger partial charge in [0.15, 0.2) is 5.76 Å². The Bertz CT molecular complexity index is 1460. The van der Waals surface area contributed by atoms with E-state index in [1.54, 1.807) is 24.3 Å². The minimum atomic E-state index is -0.600. The third-order valence-electron chi connectivity index (χ3n) is 5.74. The number of nitrogens with one attached hydrogen (secondary N) is 1. The molecule has 0 aromatic carbocycles. The Morgan fingerprint density at radius 3 is 3.00 bits per heavy atom. The maximum absolute atomic E-state index is 13.3. The second-order valence-corrected chi connectivity index (χ2v) is 9.28. The molecule has 4 heterocycles. The Kier molecular flexibility index (Phi) is 5.08. The standard InChI is InChI=1S/C21H20N6O5S/c1-11-3-5-15-17(7-11)33-20-18(15)21(29)26(12(2)23-20)24-19(28)16-6-4-14(32-16)10-25-9-13(8-22-25)27(30)31/h4,6,8-9,11H,3,5,7,10H2,1-2H3,(H,24,28). The van der Waals surface area contributed by atoms with E-state index in [1.165, 1.54) is 21.8 Å². The second-order valence-electron chi connectivity index (χ2n) is 8.19. The van der Waals surface area contributed by atoms with Crippen LogP contribution in [-0.4, -0.2) is 30.3 Å². The van der Waals surface area contributed by atoms with Crippen molar-refractivity contribution in [1.29, 1.82) is 0 Å². The van der Waals surface area contributed by atoms with Crippen molar-refractivity contribution in [2.45, 2.75) is 39.7 Å². The zero-order valence-electron chi connectivity index (χ0n) is 17.9. The fourth-order valence-electron chi connectivity index (χ4n) is 4.06. The van der Waals surface area contributed by atoms with Gasteiger partial charge in [-0.25, -0.2) is 9.66 Å². The van der Waals surface area contributed by atoms with Gasteiger partial charge in [-0.1, -0.05) is 6.92 Å². The molecule has 1 N–H and O–H groups in total. The average Bonchev–Trinajstić information content (AvgIpc) is 3.49. The number of furan rings is 1. The molecule has 0 bridgehead atoms. The van der Waals surface area contributed by atoms with E-state index in [4.69, 9.17) is 4.42 Å². The van der Waals surface area contributed by atoms with Crippen LogP contribution in [0.15, 0.2) is 33.7 Å². The molecule has 1 unspecified atom stereocenters. The van der Waals surface area contributed by atoms with Crippen LogP contribution in [0.1, 0.15) is 45.9 Å². The number of carbonyl (C=O) groups excluding carboxylic acids is 1. The molecule has 0 saturated carbocycles. The van der Waals surface area contributed by atoms with Gasteiger partial charge in [0, 0.05) is 4.88 Å². The molecule has 4 aromatic rings. The third kappa shape index (κ3) is 3.82. The molecule has 1 amide bonds. The number of nitrogens with zero attached hydrogens (tertiary/aromatic N) is 5. The lowest BCUT2D eigenvalue weighted by Crippen LogP contribution is -2.35. The summed E-state index contributed by atoms with van der Waals surface area (Å²) in [6.07, 6.45) is 5.20. The number of fused-ring (bicyclic) bond motifs is 3. The van der Waals surface area contributed by atoms with Crippen LogP contribution in [0.2, 0.25) is 0 Å². The highest BCUT2D eigenvalue weighted by Crippen LogP contribution is 2.35. The van der Waals surface area contributed by atoms with Crippen molar-refractivity contribution in [3.8, 4) is 0 Å². The molecule has 170 valence electrons. The number of hydrogen-bond donors (Lipinski definition) is 1. The number of rotatable bonds is 5. The fraction of sp³-hybridized carbons (Fsp3) is 0.333. The van der Waals surface area contributed by atoms with Crippen LogP contribution in [0.4, 0.5) is 5.69 Å². The summed E-state index contributed by atoms with van der Waals surface area (Å²) in [5.41, 5.74) is 3.20. The van der Waals surface area contributed by atoms with Gasteiger partial charge in [-0.2, -0.15) is 5.10 Å². The summed E-state index contributed by atoms with van der Waals surface area (Å²) in [4.78, 5) is 42.7. The Morgan fingerprint density at radius 1 is 1.42 bits per heavy atom. The van der Waals surface area contributed by atoms with Crippen LogP contribution in [0.5, 0.6) is 0 Å². The van der Waals surface area contributed by atoms with E-state index < -0.39 is 10.8 Å². The summed E-state index contributed by atoms with van der Waals surface area (Å²) in [6.45, 7) is 3.99. The second kappa shape index (κ2) is 7.96. The molecule has 1 atom stereocenters. The number of nitro groups is 1. The first kappa shape index (κ1) is 21.1. The van der Waals surface area contributed by atoms with Gasteiger partial charge in [0.05, 0.1) is 16.9 Å². The third-order valence-corrected chi connectivity index (χ3v) is 6.89. The smallest absolute Gasteiger partial charge is 0.307 e. The monoisotopic (exact) mass is 468 g/mol. The number of thiophene rings is 1. The van der Waals surface area contributed by atoms with E-state index in [0.29, 0.717) is 27.7 Å². The van der Waals surface area contributed by atoms with Gasteiger partial charge in [0.25, 0.3) is 5.56 Å². The zero-order valence-corrected chi connectivity index (χ0v) is 18.7. The predicted octanol–water partition coefficient (Wildman–Crippen LogP) is 3.02. The first-order valence-electron chi connectivity index (χ1n) is 10.4. The van der Waals surface area contributed by atoms with Gasteiger partial charge in [0.2, 0.25) is 0 Å². The SMILES string of the molecule is Cc1nc2sc3c(c2c(=O)n1NC(=O)c1ccc(Cn2cc([N+](=O)[O-])cn2)o1)CCC(C)C3. The van der Waals surface area contributed by atoms with Crippen LogP contribution in [0, 0.1) is 23.0 Å². The molecule has 0 saturated heterocycles. The van der Waals surface area contributed by atoms with E-state index >= 15 is 0 Å². The summed E-state index contributed by atoms with van der Waals surface area (Å²) in [5, 5.41) is 15.3. The minimum absolute atomic E-state index is 0.000718. The summed E-state index contributed by atoms with van der Waals surface area (Å²) >= 11 is 1.56. The molecular formula is C21H20N6O5S. The Balaban J connectivity index is 1.39. The van der Waals surface area contributed by atoms with E-state index in [-0.39, 0.29) is 23.6 Å². The number of hydrogen-bond acceptors (Lipinski definition) is 8.